The van der Waals surface area contributed by atoms with Gasteiger partial charge < -0.3 is 4.74 Å². The van der Waals surface area contributed by atoms with Crippen molar-refractivity contribution in [2.24, 2.45) is 5.41 Å². The zero-order valence-electron chi connectivity index (χ0n) is 10.7. The highest BCUT2D eigenvalue weighted by Gasteiger charge is 2.42. The molecule has 5 heteroatoms. The number of aromatic amines is 1. The Labute approximate surface area is 107 Å². The van der Waals surface area contributed by atoms with Crippen molar-refractivity contribution in [2.75, 3.05) is 6.61 Å². The van der Waals surface area contributed by atoms with E-state index in [-0.39, 0.29) is 10.9 Å². The molecule has 2 rings (SSSR count). The van der Waals surface area contributed by atoms with Crippen molar-refractivity contribution in [3.63, 3.8) is 0 Å². The Balaban J connectivity index is 2.22. The van der Waals surface area contributed by atoms with Gasteiger partial charge in [-0.15, -0.1) is 5.10 Å². The van der Waals surface area contributed by atoms with E-state index < -0.39 is 0 Å². The first-order valence-electron chi connectivity index (χ1n) is 6.20. The van der Waals surface area contributed by atoms with Crippen LogP contribution in [0.4, 0.5) is 0 Å². The molecule has 0 radical (unpaired) electrons. The lowest BCUT2D eigenvalue weighted by Gasteiger charge is -2.41. The average Bonchev–Trinajstić information content (AvgIpc) is 2.69. The quantitative estimate of drug-likeness (QED) is 0.904. The van der Waals surface area contributed by atoms with E-state index in [1.807, 2.05) is 6.92 Å². The van der Waals surface area contributed by atoms with E-state index in [4.69, 9.17) is 16.3 Å². The first kappa shape index (κ1) is 12.8. The molecule has 96 valence electrons. The minimum Gasteiger partial charge on any atom is -0.367 e. The van der Waals surface area contributed by atoms with Crippen LogP contribution < -0.4 is 0 Å². The van der Waals surface area contributed by atoms with Gasteiger partial charge in [0, 0.05) is 6.61 Å². The zero-order valence-corrected chi connectivity index (χ0v) is 11.5. The number of halogens is 1. The third kappa shape index (κ3) is 2.63. The van der Waals surface area contributed by atoms with Crippen LogP contribution in [0.5, 0.6) is 0 Å². The minimum absolute atomic E-state index is 0.268. The van der Waals surface area contributed by atoms with Gasteiger partial charge in [0.2, 0.25) is 5.28 Å². The second-order valence-corrected chi connectivity index (χ2v) is 5.88. The van der Waals surface area contributed by atoms with Gasteiger partial charge in [-0.2, -0.15) is 4.98 Å². The largest absolute Gasteiger partial charge is 0.367 e. The van der Waals surface area contributed by atoms with Gasteiger partial charge >= 0.3 is 0 Å². The predicted molar refractivity (Wildman–Crippen MR) is 66.9 cm³/mol. The molecule has 1 fully saturated rings. The molecule has 0 atom stereocenters. The van der Waals surface area contributed by atoms with Gasteiger partial charge in [0.25, 0.3) is 0 Å². The Kier molecular flexibility index (Phi) is 3.46. The second-order valence-electron chi connectivity index (χ2n) is 5.54. The fourth-order valence-corrected chi connectivity index (χ4v) is 2.63. The van der Waals surface area contributed by atoms with Crippen LogP contribution in [-0.2, 0) is 10.3 Å². The Morgan fingerprint density at radius 2 is 1.94 bits per heavy atom. The fraction of sp³-hybridized carbons (Fsp3) is 0.833. The predicted octanol–water partition coefficient (Wildman–Crippen LogP) is 3.29. The van der Waals surface area contributed by atoms with Crippen molar-refractivity contribution < 1.29 is 4.74 Å². The second kappa shape index (κ2) is 4.58. The molecule has 1 aromatic heterocycles. The molecule has 0 amide bonds. The van der Waals surface area contributed by atoms with E-state index in [0.29, 0.717) is 12.0 Å². The maximum atomic E-state index is 5.97. The molecule has 1 N–H and O–H groups in total. The summed E-state index contributed by atoms with van der Waals surface area (Å²) in [4.78, 5) is 4.25. The lowest BCUT2D eigenvalue weighted by molar-refractivity contribution is -0.0945. The number of hydrogen-bond acceptors (Lipinski definition) is 3. The van der Waals surface area contributed by atoms with Crippen molar-refractivity contribution in [1.82, 2.24) is 15.2 Å². The van der Waals surface area contributed by atoms with Crippen LogP contribution in [0.3, 0.4) is 0 Å². The van der Waals surface area contributed by atoms with Crippen molar-refractivity contribution in [1.29, 1.82) is 0 Å². The highest BCUT2D eigenvalue weighted by atomic mass is 35.5. The van der Waals surface area contributed by atoms with Gasteiger partial charge in [0.1, 0.15) is 5.60 Å². The number of aromatic nitrogens is 3. The van der Waals surface area contributed by atoms with Crippen LogP contribution in [0.1, 0.15) is 52.3 Å². The standard InChI is InChI=1S/C12H20ClN3O/c1-4-17-12(9-14-10(13)16-15-9)7-5-11(2,3)6-8-12/h4-8H2,1-3H3,(H,14,15,16). The summed E-state index contributed by atoms with van der Waals surface area (Å²) in [5.41, 5.74) is 0.0782. The first-order valence-corrected chi connectivity index (χ1v) is 6.58. The summed E-state index contributed by atoms with van der Waals surface area (Å²) in [7, 11) is 0. The molecule has 1 saturated carbocycles. The maximum absolute atomic E-state index is 5.97. The van der Waals surface area contributed by atoms with Crippen LogP contribution in [0.25, 0.3) is 0 Å². The summed E-state index contributed by atoms with van der Waals surface area (Å²) in [6.07, 6.45) is 4.20. The molecule has 1 heterocycles. The molecule has 1 aromatic rings. The van der Waals surface area contributed by atoms with Gasteiger partial charge in [-0.1, -0.05) is 13.8 Å². The number of nitrogens with one attached hydrogen (secondary N) is 1. The van der Waals surface area contributed by atoms with Crippen LogP contribution >= 0.6 is 11.6 Å². The smallest absolute Gasteiger partial charge is 0.242 e. The Bertz CT molecular complexity index is 379. The van der Waals surface area contributed by atoms with E-state index >= 15 is 0 Å². The van der Waals surface area contributed by atoms with Gasteiger partial charge in [0.05, 0.1) is 0 Å². The van der Waals surface area contributed by atoms with Crippen LogP contribution in [0.2, 0.25) is 5.28 Å². The molecule has 0 spiro atoms. The SMILES string of the molecule is CCOC1(c2nc(Cl)n[nH]2)CCC(C)(C)CC1. The van der Waals surface area contributed by atoms with Gasteiger partial charge in [0.15, 0.2) is 5.82 Å². The Morgan fingerprint density at radius 3 is 2.41 bits per heavy atom. The average molecular weight is 258 g/mol. The minimum atomic E-state index is -0.315. The van der Waals surface area contributed by atoms with Crippen LogP contribution in [0, 0.1) is 5.41 Å². The van der Waals surface area contributed by atoms with E-state index in [9.17, 15) is 0 Å². The molecule has 4 nitrogen and oxygen atoms in total. The first-order chi connectivity index (χ1) is 7.97. The molecular weight excluding hydrogens is 238 g/mol. The van der Waals surface area contributed by atoms with E-state index in [1.54, 1.807) is 0 Å². The highest BCUT2D eigenvalue weighted by Crippen LogP contribution is 2.46. The maximum Gasteiger partial charge on any atom is 0.242 e. The highest BCUT2D eigenvalue weighted by molar-refractivity contribution is 6.28. The third-order valence-electron chi connectivity index (χ3n) is 3.72. The molecule has 1 aliphatic carbocycles. The van der Waals surface area contributed by atoms with Crippen LogP contribution in [0.15, 0.2) is 0 Å². The summed E-state index contributed by atoms with van der Waals surface area (Å²) in [6, 6.07) is 0. The van der Waals surface area contributed by atoms with Crippen molar-refractivity contribution >= 4 is 11.6 Å². The van der Waals surface area contributed by atoms with E-state index in [0.717, 1.165) is 31.5 Å². The molecule has 0 bridgehead atoms. The van der Waals surface area contributed by atoms with Crippen molar-refractivity contribution in [3.8, 4) is 0 Å². The van der Waals surface area contributed by atoms with Gasteiger partial charge in [-0.3, -0.25) is 5.10 Å². The summed E-state index contributed by atoms with van der Waals surface area (Å²) in [5.74, 6) is 0.778. The van der Waals surface area contributed by atoms with Gasteiger partial charge in [-0.25, -0.2) is 0 Å². The summed E-state index contributed by atoms with van der Waals surface area (Å²) in [6.45, 7) is 7.30. The summed E-state index contributed by atoms with van der Waals surface area (Å²) in [5, 5.41) is 7.08. The van der Waals surface area contributed by atoms with Gasteiger partial charge in [-0.05, 0) is 49.6 Å². The molecule has 17 heavy (non-hydrogen) atoms. The normalized spacial score (nSPS) is 22.6. The number of hydrogen-bond donors (Lipinski definition) is 1. The topological polar surface area (TPSA) is 50.8 Å². The van der Waals surface area contributed by atoms with E-state index in [1.165, 1.54) is 0 Å². The Hall–Kier alpha value is -0.610. The molecule has 0 aromatic carbocycles. The van der Waals surface area contributed by atoms with Crippen molar-refractivity contribution in [2.45, 2.75) is 52.1 Å². The summed E-state index contributed by atoms with van der Waals surface area (Å²) < 4.78 is 5.97. The molecule has 0 aliphatic heterocycles. The number of ether oxygens (including phenoxy) is 1. The number of rotatable bonds is 3. The Morgan fingerprint density at radius 1 is 1.29 bits per heavy atom. The number of nitrogens with zero attached hydrogens (tertiary/aromatic N) is 2. The van der Waals surface area contributed by atoms with Crippen LogP contribution in [-0.4, -0.2) is 21.8 Å². The molecular formula is C12H20ClN3O. The monoisotopic (exact) mass is 257 g/mol. The molecule has 1 aliphatic rings. The van der Waals surface area contributed by atoms with Crippen molar-refractivity contribution in [3.05, 3.63) is 11.1 Å². The van der Waals surface area contributed by atoms with E-state index in [2.05, 4.69) is 29.0 Å². The lowest BCUT2D eigenvalue weighted by Crippen LogP contribution is -2.38. The zero-order chi connectivity index (χ0) is 12.5. The fourth-order valence-electron chi connectivity index (χ4n) is 2.50. The molecule has 0 saturated heterocycles. The number of H-pyrrole nitrogens is 1. The molecule has 0 unspecified atom stereocenters. The third-order valence-corrected chi connectivity index (χ3v) is 3.89. The lowest BCUT2D eigenvalue weighted by atomic mass is 9.70. The summed E-state index contributed by atoms with van der Waals surface area (Å²) >= 11 is 5.79.